The molecule has 10 rings (SSSR count). The summed E-state index contributed by atoms with van der Waals surface area (Å²) in [4.78, 5) is 39.3. The van der Waals surface area contributed by atoms with E-state index in [4.69, 9.17) is 90.7 Å². The second-order valence-corrected chi connectivity index (χ2v) is 21.0. The Kier molecular flexibility index (Phi) is 24.7. The lowest BCUT2D eigenvalue weighted by Crippen LogP contribution is -1.98. The van der Waals surface area contributed by atoms with E-state index in [1.54, 1.807) is 18.6 Å². The smallest absolute Gasteiger partial charge is 0.242 e. The van der Waals surface area contributed by atoms with Crippen LogP contribution in [0.3, 0.4) is 0 Å². The molecule has 0 fully saturated rings. The summed E-state index contributed by atoms with van der Waals surface area (Å²) in [7, 11) is 0. The van der Waals surface area contributed by atoms with Crippen LogP contribution in [0, 0.1) is 41.5 Å². The Morgan fingerprint density at radius 3 is 1.19 bits per heavy atom. The highest BCUT2D eigenvalue weighted by Crippen LogP contribution is 2.31. The van der Waals surface area contributed by atoms with E-state index in [0.29, 0.717) is 37.8 Å². The fraction of sp³-hybridized carbons (Fsp3) is 0.107. The second kappa shape index (κ2) is 31.5. The van der Waals surface area contributed by atoms with Crippen molar-refractivity contribution < 1.29 is 9.47 Å². The van der Waals surface area contributed by atoms with E-state index < -0.39 is 0 Å². The van der Waals surface area contributed by atoms with Crippen LogP contribution >= 0.6 is 113 Å². The van der Waals surface area contributed by atoms with Gasteiger partial charge >= 0.3 is 0 Å². The van der Waals surface area contributed by atoms with Crippen LogP contribution in [0.5, 0.6) is 23.3 Å². The molecular weight excluding hydrogens is 1290 g/mol. The molecule has 15 nitrogen and oxygen atoms in total. The van der Waals surface area contributed by atoms with Crippen molar-refractivity contribution in [1.82, 2.24) is 49.8 Å². The van der Waals surface area contributed by atoms with Gasteiger partial charge in [0, 0.05) is 41.2 Å². The van der Waals surface area contributed by atoms with Crippen LogP contribution in [0.25, 0.3) is 0 Å². The van der Waals surface area contributed by atoms with Gasteiger partial charge in [0.15, 0.2) is 5.82 Å². The fourth-order valence-corrected chi connectivity index (χ4v) is 7.86. The van der Waals surface area contributed by atoms with Crippen LogP contribution in [0.15, 0.2) is 161 Å². The van der Waals surface area contributed by atoms with Crippen molar-refractivity contribution in [3.8, 4) is 23.3 Å². The van der Waals surface area contributed by atoms with E-state index in [1.807, 2.05) is 157 Å². The standard InChI is InChI=1S/C12H12ClN3.C11H9BrClN3.C11H8BrClN2O.C11H9Cl2N3.C11H8Cl2N2O/c1-8-4-3-5-10(6-8)15-11-9(2)7-14-12(13)16-11;1-7-3-2-4-8(5-7)15-10-9(12)6-14-11(13)16-10;1-7-3-2-4-8(5-7)16-10-9(12)6-14-11(13)15-10;1-7-3-2-4-8(5-7)15-10-9(12)6-14-11(13)16-10;1-7-3-2-4-8(5-7)16-10-9(12)6-14-11(13)15-10/h3-7H,1-2H3,(H,14,15,16);2-6H,1H3,(H,14,15,16);2-6H,1H3;2-6H,1H3,(H,14,15,16);2-6H,1H3. The predicted molar refractivity (Wildman–Crippen MR) is 331 cm³/mol. The number of hydrogen-bond acceptors (Lipinski definition) is 15. The molecule has 0 aliphatic rings. The first kappa shape index (κ1) is 62.7. The van der Waals surface area contributed by atoms with Crippen LogP contribution in [0.2, 0.25) is 36.5 Å². The summed E-state index contributed by atoms with van der Waals surface area (Å²) in [6.45, 7) is 12.0. The molecule has 80 heavy (non-hydrogen) atoms. The van der Waals surface area contributed by atoms with Gasteiger partial charge in [-0.15, -0.1) is 0 Å². The van der Waals surface area contributed by atoms with Crippen LogP contribution in [0.1, 0.15) is 33.4 Å². The third-order valence-corrected chi connectivity index (χ3v) is 12.6. The fourth-order valence-electron chi connectivity index (χ4n) is 6.38. The topological polar surface area (TPSA) is 183 Å². The van der Waals surface area contributed by atoms with E-state index in [2.05, 4.69) is 104 Å². The monoisotopic (exact) mass is 1340 g/mol. The van der Waals surface area contributed by atoms with E-state index >= 15 is 0 Å². The Bertz CT molecular complexity index is 3140. The van der Waals surface area contributed by atoms with Gasteiger partial charge in [0.05, 0.1) is 21.3 Å². The zero-order chi connectivity index (χ0) is 57.7. The Labute approximate surface area is 514 Å². The highest BCUT2D eigenvalue weighted by molar-refractivity contribution is 9.11. The molecule has 410 valence electrons. The summed E-state index contributed by atoms with van der Waals surface area (Å²) >= 11 is 47.0. The number of rotatable bonds is 10. The van der Waals surface area contributed by atoms with Gasteiger partial charge in [-0.25, -0.2) is 29.9 Å². The molecule has 0 unspecified atom stereocenters. The van der Waals surface area contributed by atoms with E-state index in [1.165, 1.54) is 23.5 Å². The highest BCUT2D eigenvalue weighted by atomic mass is 79.9. The molecule has 10 aromatic rings. The van der Waals surface area contributed by atoms with Crippen molar-refractivity contribution in [1.29, 1.82) is 0 Å². The second-order valence-electron chi connectivity index (χ2n) is 16.7. The van der Waals surface area contributed by atoms with Crippen molar-refractivity contribution in [2.75, 3.05) is 16.0 Å². The highest BCUT2D eigenvalue weighted by Gasteiger charge is 2.10. The third kappa shape index (κ3) is 21.5. The Balaban J connectivity index is 0.000000161. The lowest BCUT2D eigenvalue weighted by atomic mass is 10.2. The lowest BCUT2D eigenvalue weighted by Gasteiger charge is -2.08. The van der Waals surface area contributed by atoms with Gasteiger partial charge in [-0.05, 0) is 220 Å². The zero-order valence-corrected chi connectivity index (χ0v) is 51.6. The average Bonchev–Trinajstić information content (AvgIpc) is 3.40. The molecule has 3 N–H and O–H groups in total. The molecule has 5 aromatic carbocycles. The Morgan fingerprint density at radius 2 is 0.700 bits per heavy atom. The summed E-state index contributed by atoms with van der Waals surface area (Å²) in [5.41, 5.74) is 9.59. The molecule has 0 radical (unpaired) electrons. The van der Waals surface area contributed by atoms with E-state index in [-0.39, 0.29) is 32.3 Å². The molecule has 5 aromatic heterocycles. The average molecular weight is 1340 g/mol. The van der Waals surface area contributed by atoms with Gasteiger partial charge in [-0.1, -0.05) is 83.9 Å². The number of aryl methyl sites for hydroxylation is 6. The molecule has 0 saturated carbocycles. The zero-order valence-electron chi connectivity index (χ0n) is 43.1. The van der Waals surface area contributed by atoms with Gasteiger partial charge in [0.1, 0.15) is 33.2 Å². The van der Waals surface area contributed by atoms with E-state index in [9.17, 15) is 0 Å². The molecule has 0 spiro atoms. The minimum atomic E-state index is 0.104. The van der Waals surface area contributed by atoms with Gasteiger partial charge in [-0.3, -0.25) is 0 Å². The number of ether oxygens (including phenoxy) is 2. The number of aromatic nitrogens is 10. The minimum Gasteiger partial charge on any atom is -0.438 e. The molecule has 0 saturated heterocycles. The van der Waals surface area contributed by atoms with Crippen LogP contribution < -0.4 is 25.4 Å². The first-order valence-electron chi connectivity index (χ1n) is 23.5. The molecular formula is C56H46Br2Cl7N13O2. The minimum absolute atomic E-state index is 0.104. The maximum absolute atomic E-state index is 5.94. The molecule has 0 bridgehead atoms. The molecule has 0 atom stereocenters. The number of nitrogens with zero attached hydrogens (tertiary/aromatic N) is 10. The molecule has 5 heterocycles. The van der Waals surface area contributed by atoms with Crippen LogP contribution in [0.4, 0.5) is 34.5 Å². The van der Waals surface area contributed by atoms with Gasteiger partial charge < -0.3 is 25.4 Å². The summed E-state index contributed by atoms with van der Waals surface area (Å²) in [6, 6.07) is 39.2. The third-order valence-electron chi connectivity index (χ3n) is 9.99. The lowest BCUT2D eigenvalue weighted by molar-refractivity contribution is 0.458. The number of halogens is 9. The van der Waals surface area contributed by atoms with E-state index in [0.717, 1.165) is 55.4 Å². The van der Waals surface area contributed by atoms with Gasteiger partial charge in [0.2, 0.25) is 38.2 Å². The largest absolute Gasteiger partial charge is 0.438 e. The molecule has 0 aliphatic carbocycles. The van der Waals surface area contributed by atoms with Gasteiger partial charge in [-0.2, -0.15) is 19.9 Å². The number of benzene rings is 5. The summed E-state index contributed by atoms with van der Waals surface area (Å²) in [5, 5.41) is 11.1. The van der Waals surface area contributed by atoms with Crippen molar-refractivity contribution in [3.05, 3.63) is 231 Å². The van der Waals surface area contributed by atoms with Crippen molar-refractivity contribution >= 4 is 148 Å². The number of nitrogens with one attached hydrogen (secondary N) is 3. The Morgan fingerprint density at radius 1 is 0.350 bits per heavy atom. The van der Waals surface area contributed by atoms with Crippen LogP contribution in [-0.2, 0) is 0 Å². The van der Waals surface area contributed by atoms with Crippen molar-refractivity contribution in [3.63, 3.8) is 0 Å². The maximum atomic E-state index is 5.94. The molecule has 0 aliphatic heterocycles. The maximum Gasteiger partial charge on any atom is 0.242 e. The van der Waals surface area contributed by atoms with Crippen molar-refractivity contribution in [2.45, 2.75) is 41.5 Å². The molecule has 24 heteroatoms. The summed E-state index contributed by atoms with van der Waals surface area (Å²) < 4.78 is 12.5. The first-order valence-corrected chi connectivity index (χ1v) is 27.7. The summed E-state index contributed by atoms with van der Waals surface area (Å²) in [5.74, 6) is 3.95. The summed E-state index contributed by atoms with van der Waals surface area (Å²) in [6.07, 6.45) is 7.75. The van der Waals surface area contributed by atoms with Gasteiger partial charge in [0.25, 0.3) is 0 Å². The number of anilines is 6. The normalized spacial score (nSPS) is 10.2. The first-order chi connectivity index (χ1) is 38.2. The van der Waals surface area contributed by atoms with Crippen molar-refractivity contribution in [2.24, 2.45) is 0 Å². The quantitative estimate of drug-likeness (QED) is 0.110. The molecule has 0 amide bonds. The SMILES string of the molecule is Cc1cccc(Nc2nc(Cl)ncc2Br)c1.Cc1cccc(Nc2nc(Cl)ncc2C)c1.Cc1cccc(Nc2nc(Cl)ncc2Cl)c1.Cc1cccc(Oc2nc(Cl)ncc2Br)c1.Cc1cccc(Oc2nc(Cl)ncc2Cl)c1. The van der Waals surface area contributed by atoms with Crippen LogP contribution in [-0.4, -0.2) is 49.8 Å². The Hall–Kier alpha value is -6.51. The number of hydrogen-bond donors (Lipinski definition) is 3. The predicted octanol–water partition coefficient (Wildman–Crippen LogP) is 19.1.